The van der Waals surface area contributed by atoms with Crippen LogP contribution in [0, 0.1) is 0 Å². The molecule has 0 radical (unpaired) electrons. The number of furan rings is 1. The molecule has 21 heavy (non-hydrogen) atoms. The number of fused-ring (bicyclic) bond motifs is 2. The van der Waals surface area contributed by atoms with Crippen molar-refractivity contribution in [1.29, 1.82) is 0 Å². The lowest BCUT2D eigenvalue weighted by atomic mass is 9.88. The van der Waals surface area contributed by atoms with E-state index < -0.39 is 0 Å². The summed E-state index contributed by atoms with van der Waals surface area (Å²) in [6.45, 7) is 2.03. The Morgan fingerprint density at radius 3 is 2.67 bits per heavy atom. The molecule has 0 amide bonds. The second kappa shape index (κ2) is 5.55. The molecular formula is C18H18ClNO. The lowest BCUT2D eigenvalue weighted by Gasteiger charge is -2.31. The Hall–Kier alpha value is -1.77. The summed E-state index contributed by atoms with van der Waals surface area (Å²) in [5.41, 5.74) is 3.80. The third-order valence-corrected chi connectivity index (χ3v) is 4.15. The lowest BCUT2D eigenvalue weighted by Crippen LogP contribution is -2.30. The molecule has 108 valence electrons. The van der Waals surface area contributed by atoms with Crippen molar-refractivity contribution in [2.75, 3.05) is 13.6 Å². The maximum absolute atomic E-state index is 6.09. The van der Waals surface area contributed by atoms with E-state index in [1.54, 1.807) is 0 Å². The van der Waals surface area contributed by atoms with Gasteiger partial charge in [-0.2, -0.15) is 0 Å². The minimum Gasteiger partial charge on any atom is -0.460 e. The molecule has 0 spiro atoms. The summed E-state index contributed by atoms with van der Waals surface area (Å²) >= 11 is 0. The van der Waals surface area contributed by atoms with Gasteiger partial charge in [-0.1, -0.05) is 42.5 Å². The first kappa shape index (κ1) is 14.2. The summed E-state index contributed by atoms with van der Waals surface area (Å²) < 4.78 is 6.09. The molecule has 0 bridgehead atoms. The summed E-state index contributed by atoms with van der Waals surface area (Å²) in [6, 6.07) is 19.1. The molecule has 2 aromatic carbocycles. The topological polar surface area (TPSA) is 16.4 Å². The van der Waals surface area contributed by atoms with E-state index in [2.05, 4.69) is 54.4 Å². The maximum Gasteiger partial charge on any atom is 0.134 e. The largest absolute Gasteiger partial charge is 0.460 e. The molecule has 1 aliphatic rings. The molecule has 4 rings (SSSR count). The van der Waals surface area contributed by atoms with Crippen LogP contribution >= 0.6 is 12.4 Å². The number of rotatable bonds is 1. The fraction of sp³-hybridized carbons (Fsp3) is 0.222. The van der Waals surface area contributed by atoms with Gasteiger partial charge in [0.15, 0.2) is 0 Å². The average molecular weight is 300 g/mol. The Bertz CT molecular complexity index is 732. The van der Waals surface area contributed by atoms with Crippen LogP contribution in [0.2, 0.25) is 0 Å². The van der Waals surface area contributed by atoms with Crippen LogP contribution in [0.5, 0.6) is 0 Å². The van der Waals surface area contributed by atoms with Crippen molar-refractivity contribution in [1.82, 2.24) is 4.90 Å². The van der Waals surface area contributed by atoms with Gasteiger partial charge in [0.1, 0.15) is 11.3 Å². The van der Waals surface area contributed by atoms with Gasteiger partial charge in [0, 0.05) is 18.5 Å². The summed E-state index contributed by atoms with van der Waals surface area (Å²) in [5.74, 6) is 1.41. The second-order valence-corrected chi connectivity index (χ2v) is 5.63. The van der Waals surface area contributed by atoms with Gasteiger partial charge in [-0.3, -0.25) is 0 Å². The molecule has 0 fully saturated rings. The lowest BCUT2D eigenvalue weighted by molar-refractivity contribution is 0.282. The molecule has 2 heterocycles. The quantitative estimate of drug-likeness (QED) is 0.661. The highest BCUT2D eigenvalue weighted by molar-refractivity contribution is 5.85. The van der Waals surface area contributed by atoms with Crippen LogP contribution in [-0.2, 0) is 6.54 Å². The first-order valence-corrected chi connectivity index (χ1v) is 7.06. The van der Waals surface area contributed by atoms with E-state index in [4.69, 9.17) is 4.42 Å². The predicted molar refractivity (Wildman–Crippen MR) is 88.1 cm³/mol. The molecule has 0 saturated carbocycles. The Balaban J connectivity index is 0.00000132. The van der Waals surface area contributed by atoms with E-state index in [1.807, 2.05) is 12.1 Å². The molecular weight excluding hydrogens is 282 g/mol. The number of nitrogens with zero attached hydrogens (tertiary/aromatic N) is 1. The van der Waals surface area contributed by atoms with E-state index >= 15 is 0 Å². The van der Waals surface area contributed by atoms with Gasteiger partial charge in [0.25, 0.3) is 0 Å². The highest BCUT2D eigenvalue weighted by atomic mass is 35.5. The van der Waals surface area contributed by atoms with Crippen LogP contribution in [0.4, 0.5) is 0 Å². The van der Waals surface area contributed by atoms with E-state index in [0.717, 1.165) is 24.4 Å². The van der Waals surface area contributed by atoms with Gasteiger partial charge in [0.05, 0.1) is 5.92 Å². The normalized spacial score (nSPS) is 18.2. The zero-order chi connectivity index (χ0) is 13.5. The SMILES string of the molecule is CN1Cc2ccccc2C(c2cc3ccccc3o2)C1.Cl. The van der Waals surface area contributed by atoms with Gasteiger partial charge < -0.3 is 9.32 Å². The zero-order valence-corrected chi connectivity index (χ0v) is 12.8. The van der Waals surface area contributed by atoms with Crippen molar-refractivity contribution in [2.45, 2.75) is 12.5 Å². The molecule has 1 aromatic heterocycles. The first-order valence-electron chi connectivity index (χ1n) is 7.06. The zero-order valence-electron chi connectivity index (χ0n) is 12.0. The highest BCUT2D eigenvalue weighted by Crippen LogP contribution is 2.35. The third kappa shape index (κ3) is 2.45. The number of hydrogen-bond donors (Lipinski definition) is 0. The van der Waals surface area contributed by atoms with Gasteiger partial charge in [-0.25, -0.2) is 0 Å². The first-order chi connectivity index (χ1) is 9.81. The predicted octanol–water partition coefficient (Wildman–Crippen LogP) is 4.43. The molecule has 0 saturated heterocycles. The van der Waals surface area contributed by atoms with Gasteiger partial charge in [-0.15, -0.1) is 12.4 Å². The summed E-state index contributed by atoms with van der Waals surface area (Å²) in [5, 5.41) is 1.19. The monoisotopic (exact) mass is 299 g/mol. The van der Waals surface area contributed by atoms with Crippen molar-refractivity contribution >= 4 is 23.4 Å². The van der Waals surface area contributed by atoms with Crippen molar-refractivity contribution in [3.8, 4) is 0 Å². The smallest absolute Gasteiger partial charge is 0.134 e. The number of halogens is 1. The van der Waals surface area contributed by atoms with Crippen LogP contribution in [0.25, 0.3) is 11.0 Å². The van der Waals surface area contributed by atoms with Crippen LogP contribution in [-0.4, -0.2) is 18.5 Å². The molecule has 3 aromatic rings. The highest BCUT2D eigenvalue weighted by Gasteiger charge is 2.26. The van der Waals surface area contributed by atoms with E-state index in [-0.39, 0.29) is 12.4 Å². The average Bonchev–Trinajstić information content (AvgIpc) is 2.90. The van der Waals surface area contributed by atoms with Crippen molar-refractivity contribution in [3.63, 3.8) is 0 Å². The number of likely N-dealkylation sites (N-methyl/N-ethyl adjacent to an activating group) is 1. The van der Waals surface area contributed by atoms with Crippen LogP contribution in [0.15, 0.2) is 59.0 Å². The van der Waals surface area contributed by atoms with Crippen LogP contribution < -0.4 is 0 Å². The Morgan fingerprint density at radius 1 is 1.05 bits per heavy atom. The fourth-order valence-corrected chi connectivity index (χ4v) is 3.20. The molecule has 1 aliphatic heterocycles. The van der Waals surface area contributed by atoms with Gasteiger partial charge in [0.2, 0.25) is 0 Å². The van der Waals surface area contributed by atoms with Crippen molar-refractivity contribution in [3.05, 3.63) is 71.5 Å². The molecule has 0 aliphatic carbocycles. The third-order valence-electron chi connectivity index (χ3n) is 4.15. The minimum atomic E-state index is 0. The Labute approximate surface area is 130 Å². The number of para-hydroxylation sites is 1. The fourth-order valence-electron chi connectivity index (χ4n) is 3.20. The molecule has 2 nitrogen and oxygen atoms in total. The molecule has 0 N–H and O–H groups in total. The molecule has 1 atom stereocenters. The van der Waals surface area contributed by atoms with Gasteiger partial charge in [-0.05, 0) is 30.3 Å². The minimum absolute atomic E-state index is 0. The second-order valence-electron chi connectivity index (χ2n) is 5.63. The van der Waals surface area contributed by atoms with Crippen LogP contribution in [0.1, 0.15) is 22.8 Å². The Kier molecular flexibility index (Phi) is 3.75. The van der Waals surface area contributed by atoms with Crippen LogP contribution in [0.3, 0.4) is 0 Å². The summed E-state index contributed by atoms with van der Waals surface area (Å²) in [7, 11) is 2.17. The number of benzene rings is 2. The number of hydrogen-bond acceptors (Lipinski definition) is 2. The van der Waals surface area contributed by atoms with E-state index in [1.165, 1.54) is 16.5 Å². The summed E-state index contributed by atoms with van der Waals surface area (Å²) in [4.78, 5) is 2.36. The van der Waals surface area contributed by atoms with E-state index in [0.29, 0.717) is 5.92 Å². The molecule has 1 unspecified atom stereocenters. The standard InChI is InChI=1S/C18H17NO.ClH/c1-19-11-14-7-2-4-8-15(14)16(12-19)18-10-13-6-3-5-9-17(13)20-18;/h2-10,16H,11-12H2,1H3;1H. The summed E-state index contributed by atoms with van der Waals surface area (Å²) in [6.07, 6.45) is 0. The Morgan fingerprint density at radius 2 is 1.81 bits per heavy atom. The maximum atomic E-state index is 6.09. The molecule has 3 heteroatoms. The van der Waals surface area contributed by atoms with Crippen molar-refractivity contribution in [2.24, 2.45) is 0 Å². The van der Waals surface area contributed by atoms with E-state index in [9.17, 15) is 0 Å². The van der Waals surface area contributed by atoms with Gasteiger partial charge >= 0.3 is 0 Å². The van der Waals surface area contributed by atoms with Crippen molar-refractivity contribution < 1.29 is 4.42 Å².